The van der Waals surface area contributed by atoms with Crippen LogP contribution in [0, 0.1) is 6.92 Å². The van der Waals surface area contributed by atoms with Crippen molar-refractivity contribution in [1.82, 2.24) is 4.98 Å². The fraction of sp³-hybridized carbons (Fsp3) is 0.308. The first-order valence-corrected chi connectivity index (χ1v) is 10.8. The number of allylic oxidation sites excluding steroid dienone is 1. The Hall–Kier alpha value is -3.58. The summed E-state index contributed by atoms with van der Waals surface area (Å²) in [6, 6.07) is 15.3. The summed E-state index contributed by atoms with van der Waals surface area (Å²) in [7, 11) is 1.60. The molecule has 7 heteroatoms. The van der Waals surface area contributed by atoms with Crippen molar-refractivity contribution in [3.8, 4) is 23.0 Å². The second kappa shape index (κ2) is 11.9. The summed E-state index contributed by atoms with van der Waals surface area (Å²) in [5, 5.41) is 9.21. The van der Waals surface area contributed by atoms with Crippen LogP contribution in [0.4, 0.5) is 0 Å². The van der Waals surface area contributed by atoms with Gasteiger partial charge in [-0.2, -0.15) is 0 Å². The second-order valence-corrected chi connectivity index (χ2v) is 7.34. The number of rotatable bonds is 12. The third kappa shape index (κ3) is 6.70. The summed E-state index contributed by atoms with van der Waals surface area (Å²) < 4.78 is 22.5. The van der Waals surface area contributed by atoms with E-state index in [4.69, 9.17) is 18.6 Å². The number of carboxylic acids is 1. The molecule has 0 saturated heterocycles. The van der Waals surface area contributed by atoms with E-state index in [2.05, 4.69) is 4.98 Å². The number of oxazole rings is 1. The number of carboxylic acid groups (broad SMARTS) is 1. The van der Waals surface area contributed by atoms with Crippen LogP contribution in [0.1, 0.15) is 36.8 Å². The molecule has 0 amide bonds. The van der Waals surface area contributed by atoms with Gasteiger partial charge in [-0.25, -0.2) is 9.78 Å². The minimum atomic E-state index is -0.950. The summed E-state index contributed by atoms with van der Waals surface area (Å²) in [5.41, 5.74) is 2.45. The minimum Gasteiger partial charge on any atom is -0.497 e. The number of aliphatic carboxylic acids is 1. The Labute approximate surface area is 193 Å². The fourth-order valence-corrected chi connectivity index (χ4v) is 3.26. The van der Waals surface area contributed by atoms with E-state index < -0.39 is 12.1 Å². The SMILES string of the molecule is CCOC(CC/C=C/c1cc(OC)ccc1OCc1nc(-c2ccccc2)oc1C)C(=O)O. The number of hydrogen-bond acceptors (Lipinski definition) is 6. The van der Waals surface area contributed by atoms with Crippen LogP contribution in [-0.4, -0.2) is 35.9 Å². The van der Waals surface area contributed by atoms with Gasteiger partial charge in [0.1, 0.15) is 29.6 Å². The number of ether oxygens (including phenoxy) is 3. The highest BCUT2D eigenvalue weighted by Crippen LogP contribution is 2.28. The van der Waals surface area contributed by atoms with Crippen molar-refractivity contribution in [2.45, 2.75) is 39.4 Å². The largest absolute Gasteiger partial charge is 0.497 e. The van der Waals surface area contributed by atoms with Crippen molar-refractivity contribution in [3.63, 3.8) is 0 Å². The van der Waals surface area contributed by atoms with Crippen LogP contribution in [0.5, 0.6) is 11.5 Å². The normalized spacial score (nSPS) is 12.1. The molecule has 1 atom stereocenters. The number of aryl methyl sites for hydroxylation is 1. The Morgan fingerprint density at radius 1 is 1.21 bits per heavy atom. The van der Waals surface area contributed by atoms with Gasteiger partial charge in [-0.1, -0.05) is 30.4 Å². The van der Waals surface area contributed by atoms with Crippen molar-refractivity contribution in [2.75, 3.05) is 13.7 Å². The van der Waals surface area contributed by atoms with Gasteiger partial charge in [0.25, 0.3) is 0 Å². The molecule has 0 saturated carbocycles. The van der Waals surface area contributed by atoms with E-state index in [9.17, 15) is 9.90 Å². The van der Waals surface area contributed by atoms with Gasteiger partial charge in [0, 0.05) is 17.7 Å². The van der Waals surface area contributed by atoms with Gasteiger partial charge in [-0.3, -0.25) is 0 Å². The van der Waals surface area contributed by atoms with E-state index in [1.54, 1.807) is 14.0 Å². The highest BCUT2D eigenvalue weighted by molar-refractivity contribution is 5.72. The Bertz CT molecular complexity index is 1070. The summed E-state index contributed by atoms with van der Waals surface area (Å²) in [4.78, 5) is 15.8. The average Bonchev–Trinajstić information content (AvgIpc) is 3.20. The number of aromatic nitrogens is 1. The molecule has 33 heavy (non-hydrogen) atoms. The Balaban J connectivity index is 1.70. The van der Waals surface area contributed by atoms with Crippen molar-refractivity contribution < 1.29 is 28.5 Å². The molecule has 0 fully saturated rings. The molecular formula is C26H29NO6. The molecule has 0 bridgehead atoms. The summed E-state index contributed by atoms with van der Waals surface area (Å²) in [5.74, 6) is 1.67. The molecule has 2 aromatic carbocycles. The van der Waals surface area contributed by atoms with Crippen LogP contribution in [0.15, 0.2) is 59.0 Å². The van der Waals surface area contributed by atoms with Gasteiger partial charge in [0.15, 0.2) is 6.10 Å². The lowest BCUT2D eigenvalue weighted by atomic mass is 10.1. The third-order valence-corrected chi connectivity index (χ3v) is 5.03. The van der Waals surface area contributed by atoms with Crippen LogP contribution in [0.3, 0.4) is 0 Å². The van der Waals surface area contributed by atoms with E-state index in [-0.39, 0.29) is 6.61 Å². The molecule has 1 aromatic heterocycles. The molecule has 1 heterocycles. The van der Waals surface area contributed by atoms with E-state index in [1.165, 1.54) is 0 Å². The maximum Gasteiger partial charge on any atom is 0.332 e. The van der Waals surface area contributed by atoms with E-state index in [1.807, 2.05) is 67.6 Å². The van der Waals surface area contributed by atoms with Crippen molar-refractivity contribution in [2.24, 2.45) is 0 Å². The minimum absolute atomic E-state index is 0.251. The standard InChI is InChI=1S/C26H29NO6/c1-4-31-24(26(28)29)13-9-8-12-20-16-21(30-3)14-15-23(20)32-17-22-18(2)33-25(27-22)19-10-6-5-7-11-19/h5-8,10-12,14-16,24H,4,9,13,17H2,1-3H3,(H,28,29)/b12-8+. The maximum absolute atomic E-state index is 11.2. The topological polar surface area (TPSA) is 91.0 Å². The molecule has 1 N–H and O–H groups in total. The molecule has 0 aliphatic rings. The molecule has 3 rings (SSSR count). The van der Waals surface area contributed by atoms with E-state index in [0.717, 1.165) is 16.8 Å². The van der Waals surface area contributed by atoms with Crippen molar-refractivity contribution >= 4 is 12.0 Å². The Morgan fingerprint density at radius 2 is 2.00 bits per heavy atom. The van der Waals surface area contributed by atoms with Gasteiger partial charge in [0.05, 0.1) is 7.11 Å². The van der Waals surface area contributed by atoms with Gasteiger partial charge < -0.3 is 23.7 Å². The molecule has 174 valence electrons. The summed E-state index contributed by atoms with van der Waals surface area (Å²) >= 11 is 0. The lowest BCUT2D eigenvalue weighted by molar-refractivity contribution is -0.150. The molecule has 3 aromatic rings. The second-order valence-electron chi connectivity index (χ2n) is 7.34. The first-order valence-electron chi connectivity index (χ1n) is 10.8. The molecule has 0 aliphatic carbocycles. The maximum atomic E-state index is 11.2. The average molecular weight is 452 g/mol. The first-order chi connectivity index (χ1) is 16.0. The molecular weight excluding hydrogens is 422 g/mol. The van der Waals surface area contributed by atoms with Gasteiger partial charge in [0.2, 0.25) is 5.89 Å². The first kappa shape index (κ1) is 24.1. The smallest absolute Gasteiger partial charge is 0.332 e. The molecule has 0 spiro atoms. The number of hydrogen-bond donors (Lipinski definition) is 1. The van der Waals surface area contributed by atoms with Crippen LogP contribution >= 0.6 is 0 Å². The highest BCUT2D eigenvalue weighted by atomic mass is 16.5. The Morgan fingerprint density at radius 3 is 2.70 bits per heavy atom. The quantitative estimate of drug-likeness (QED) is 0.388. The zero-order valence-corrected chi connectivity index (χ0v) is 19.1. The lowest BCUT2D eigenvalue weighted by Gasteiger charge is -2.11. The number of methoxy groups -OCH3 is 1. The highest BCUT2D eigenvalue weighted by Gasteiger charge is 2.16. The number of benzene rings is 2. The van der Waals surface area contributed by atoms with Crippen LogP contribution in [0.2, 0.25) is 0 Å². The van der Waals surface area contributed by atoms with Crippen molar-refractivity contribution in [3.05, 3.63) is 71.6 Å². The predicted octanol–water partition coefficient (Wildman–Crippen LogP) is 5.52. The lowest BCUT2D eigenvalue weighted by Crippen LogP contribution is -2.23. The monoisotopic (exact) mass is 451 g/mol. The van der Waals surface area contributed by atoms with E-state index >= 15 is 0 Å². The zero-order chi connectivity index (χ0) is 23.6. The number of nitrogens with zero attached hydrogens (tertiary/aromatic N) is 1. The molecule has 7 nitrogen and oxygen atoms in total. The van der Waals surface area contributed by atoms with Gasteiger partial charge >= 0.3 is 5.97 Å². The zero-order valence-electron chi connectivity index (χ0n) is 19.1. The molecule has 0 aliphatic heterocycles. The summed E-state index contributed by atoms with van der Waals surface area (Å²) in [6.45, 7) is 4.26. The Kier molecular flexibility index (Phi) is 8.66. The third-order valence-electron chi connectivity index (χ3n) is 5.03. The number of carbonyl (C=O) groups is 1. The van der Waals surface area contributed by atoms with Gasteiger partial charge in [-0.15, -0.1) is 0 Å². The molecule has 0 radical (unpaired) electrons. The van der Waals surface area contributed by atoms with Crippen LogP contribution < -0.4 is 9.47 Å². The van der Waals surface area contributed by atoms with Crippen LogP contribution in [0.25, 0.3) is 17.5 Å². The van der Waals surface area contributed by atoms with Crippen molar-refractivity contribution in [1.29, 1.82) is 0 Å². The summed E-state index contributed by atoms with van der Waals surface area (Å²) in [6.07, 6.45) is 3.94. The van der Waals surface area contributed by atoms with Gasteiger partial charge in [-0.05, 0) is 57.0 Å². The van der Waals surface area contributed by atoms with E-state index in [0.29, 0.717) is 42.6 Å². The predicted molar refractivity (Wildman–Crippen MR) is 125 cm³/mol. The molecule has 1 unspecified atom stereocenters. The van der Waals surface area contributed by atoms with Crippen LogP contribution in [-0.2, 0) is 16.1 Å². The fourth-order valence-electron chi connectivity index (χ4n) is 3.26.